The Balaban J connectivity index is 1.37. The number of aryl methyl sites for hydroxylation is 1. The van der Waals surface area contributed by atoms with E-state index in [1.165, 1.54) is 45.0 Å². The molecule has 2 atom stereocenters. The van der Waals surface area contributed by atoms with Gasteiger partial charge in [-0.15, -0.1) is 0 Å². The number of rotatable bonds is 6. The Labute approximate surface area is 237 Å². The zero-order chi connectivity index (χ0) is 27.8. The highest BCUT2D eigenvalue weighted by molar-refractivity contribution is 5.82. The van der Waals surface area contributed by atoms with Gasteiger partial charge >= 0.3 is 0 Å². The Morgan fingerprint density at radius 2 is 1.48 bits per heavy atom. The van der Waals surface area contributed by atoms with Crippen LogP contribution < -0.4 is 0 Å². The third-order valence-electron chi connectivity index (χ3n) is 9.17. The number of hydrogen-bond acceptors (Lipinski definition) is 2. The summed E-state index contributed by atoms with van der Waals surface area (Å²) in [6.07, 6.45) is 2.50. The van der Waals surface area contributed by atoms with Gasteiger partial charge in [-0.1, -0.05) is 84.9 Å². The van der Waals surface area contributed by atoms with Crippen LogP contribution in [0.15, 0.2) is 91.0 Å². The lowest BCUT2D eigenvalue weighted by atomic mass is 9.84. The summed E-state index contributed by atoms with van der Waals surface area (Å²) in [7, 11) is 0. The molecule has 0 fully saturated rings. The van der Waals surface area contributed by atoms with Crippen molar-refractivity contribution in [3.05, 3.63) is 141 Å². The largest absolute Gasteiger partial charge is 0.333 e. The van der Waals surface area contributed by atoms with Gasteiger partial charge in [0.2, 0.25) is 5.91 Å². The van der Waals surface area contributed by atoms with E-state index in [0.717, 1.165) is 25.8 Å². The molecule has 3 nitrogen and oxygen atoms in total. The third-order valence-corrected chi connectivity index (χ3v) is 9.17. The van der Waals surface area contributed by atoms with Crippen LogP contribution in [0.3, 0.4) is 0 Å². The van der Waals surface area contributed by atoms with Gasteiger partial charge in [0.25, 0.3) is 0 Å². The first-order chi connectivity index (χ1) is 19.4. The molecule has 0 unspecified atom stereocenters. The standard InChI is InChI=1S/C36H37FN2O/c1-24-11-10-17-32(25(24)2)35-33-16-8-6-12-27(33)19-20-38(35)26(3)36(40)39(23-30-15-7-9-18-34(30)37)31-21-28-13-4-5-14-29(28)22-31/h4-18,26,31,35H,19-23H2,1-3H3/t26-,35-/m0/s1. The molecular formula is C36H37FN2O. The summed E-state index contributed by atoms with van der Waals surface area (Å²) in [6, 6.07) is 30.1. The zero-order valence-electron chi connectivity index (χ0n) is 23.6. The topological polar surface area (TPSA) is 23.6 Å². The van der Waals surface area contributed by atoms with Crippen molar-refractivity contribution >= 4 is 5.91 Å². The summed E-state index contributed by atoms with van der Waals surface area (Å²) in [5, 5.41) is 0. The van der Waals surface area contributed by atoms with Crippen LogP contribution in [-0.2, 0) is 30.6 Å². The van der Waals surface area contributed by atoms with Gasteiger partial charge in [-0.25, -0.2) is 4.39 Å². The van der Waals surface area contributed by atoms with Gasteiger partial charge in [-0.05, 0) is 85.0 Å². The maximum absolute atomic E-state index is 14.9. The molecule has 40 heavy (non-hydrogen) atoms. The summed E-state index contributed by atoms with van der Waals surface area (Å²) < 4.78 is 14.9. The van der Waals surface area contributed by atoms with Crippen LogP contribution in [0.1, 0.15) is 57.5 Å². The monoisotopic (exact) mass is 532 g/mol. The molecule has 2 aliphatic rings. The fourth-order valence-electron chi connectivity index (χ4n) is 6.75. The summed E-state index contributed by atoms with van der Waals surface area (Å²) in [5.41, 5.74) is 9.52. The highest BCUT2D eigenvalue weighted by Crippen LogP contribution is 2.39. The molecule has 0 aromatic heterocycles. The van der Waals surface area contributed by atoms with E-state index >= 15 is 0 Å². The van der Waals surface area contributed by atoms with Crippen LogP contribution in [0.5, 0.6) is 0 Å². The number of benzene rings is 4. The van der Waals surface area contributed by atoms with Crippen LogP contribution in [0.4, 0.5) is 4.39 Å². The number of halogens is 1. The second kappa shape index (κ2) is 11.0. The molecule has 1 aliphatic carbocycles. The second-order valence-corrected chi connectivity index (χ2v) is 11.4. The van der Waals surface area contributed by atoms with Crippen LogP contribution in [0, 0.1) is 19.7 Å². The van der Waals surface area contributed by atoms with Gasteiger partial charge in [0.05, 0.1) is 12.1 Å². The van der Waals surface area contributed by atoms with Crippen molar-refractivity contribution < 1.29 is 9.18 Å². The van der Waals surface area contributed by atoms with E-state index in [1.54, 1.807) is 12.1 Å². The van der Waals surface area contributed by atoms with E-state index in [9.17, 15) is 9.18 Å². The molecule has 4 aromatic rings. The highest BCUT2D eigenvalue weighted by Gasteiger charge is 2.39. The highest BCUT2D eigenvalue weighted by atomic mass is 19.1. The minimum Gasteiger partial charge on any atom is -0.333 e. The molecule has 1 aliphatic heterocycles. The molecule has 4 heteroatoms. The Bertz CT molecular complexity index is 1520. The number of hydrogen-bond donors (Lipinski definition) is 0. The molecule has 0 saturated heterocycles. The lowest BCUT2D eigenvalue weighted by Crippen LogP contribution is -2.53. The van der Waals surface area contributed by atoms with Crippen molar-refractivity contribution in [1.82, 2.24) is 9.80 Å². The van der Waals surface area contributed by atoms with Crippen molar-refractivity contribution in [1.29, 1.82) is 0 Å². The Morgan fingerprint density at radius 3 is 2.20 bits per heavy atom. The van der Waals surface area contributed by atoms with Crippen molar-refractivity contribution in [3.8, 4) is 0 Å². The Morgan fingerprint density at radius 1 is 0.850 bits per heavy atom. The predicted octanol–water partition coefficient (Wildman–Crippen LogP) is 6.97. The molecule has 0 N–H and O–H groups in total. The zero-order valence-corrected chi connectivity index (χ0v) is 23.6. The molecule has 6 rings (SSSR count). The molecule has 0 bridgehead atoms. The Kier molecular flexibility index (Phi) is 7.29. The number of fused-ring (bicyclic) bond motifs is 2. The molecule has 0 spiro atoms. The summed E-state index contributed by atoms with van der Waals surface area (Å²) in [5.74, 6) is -0.195. The smallest absolute Gasteiger partial charge is 0.240 e. The van der Waals surface area contributed by atoms with E-state index in [-0.39, 0.29) is 36.4 Å². The van der Waals surface area contributed by atoms with Gasteiger partial charge in [0.1, 0.15) is 5.82 Å². The van der Waals surface area contributed by atoms with Gasteiger partial charge in [0.15, 0.2) is 0 Å². The van der Waals surface area contributed by atoms with Crippen molar-refractivity contribution in [2.75, 3.05) is 6.54 Å². The van der Waals surface area contributed by atoms with E-state index in [4.69, 9.17) is 0 Å². The summed E-state index contributed by atoms with van der Waals surface area (Å²) >= 11 is 0. The second-order valence-electron chi connectivity index (χ2n) is 11.4. The van der Waals surface area contributed by atoms with Crippen molar-refractivity contribution in [3.63, 3.8) is 0 Å². The number of carbonyl (C=O) groups excluding carboxylic acids is 1. The van der Waals surface area contributed by atoms with Crippen LogP contribution >= 0.6 is 0 Å². The minimum absolute atomic E-state index is 0.00295. The van der Waals surface area contributed by atoms with E-state index in [1.807, 2.05) is 17.9 Å². The first kappa shape index (κ1) is 26.5. The van der Waals surface area contributed by atoms with Gasteiger partial charge in [-0.3, -0.25) is 9.69 Å². The fourth-order valence-corrected chi connectivity index (χ4v) is 6.75. The average Bonchev–Trinajstić information content (AvgIpc) is 3.41. The molecule has 0 saturated carbocycles. The molecule has 0 radical (unpaired) electrons. The predicted molar refractivity (Wildman–Crippen MR) is 159 cm³/mol. The van der Waals surface area contributed by atoms with Gasteiger partial charge in [0, 0.05) is 24.7 Å². The van der Waals surface area contributed by atoms with Crippen molar-refractivity contribution in [2.24, 2.45) is 0 Å². The SMILES string of the molecule is Cc1cccc([C@H]2c3ccccc3CCN2[C@@H](C)C(=O)N(Cc2ccccc2F)C2Cc3ccccc3C2)c1C. The molecule has 1 heterocycles. The molecular weight excluding hydrogens is 495 g/mol. The lowest BCUT2D eigenvalue weighted by molar-refractivity contribution is -0.140. The van der Waals surface area contributed by atoms with Crippen molar-refractivity contribution in [2.45, 2.75) is 64.7 Å². The van der Waals surface area contributed by atoms with Gasteiger partial charge < -0.3 is 4.90 Å². The average molecular weight is 533 g/mol. The number of nitrogens with zero attached hydrogens (tertiary/aromatic N) is 2. The molecule has 204 valence electrons. The van der Waals surface area contributed by atoms with E-state index in [0.29, 0.717) is 5.56 Å². The minimum atomic E-state index is -0.367. The first-order valence-electron chi connectivity index (χ1n) is 14.4. The number of carbonyl (C=O) groups is 1. The molecule has 4 aromatic carbocycles. The maximum atomic E-state index is 14.9. The van der Waals surface area contributed by atoms with Crippen LogP contribution in [-0.4, -0.2) is 34.3 Å². The van der Waals surface area contributed by atoms with Gasteiger partial charge in [-0.2, -0.15) is 0 Å². The lowest BCUT2D eigenvalue weighted by Gasteiger charge is -2.43. The van der Waals surface area contributed by atoms with Crippen LogP contribution in [0.2, 0.25) is 0 Å². The van der Waals surface area contributed by atoms with E-state index in [2.05, 4.69) is 85.5 Å². The normalized spacial score (nSPS) is 17.8. The Hall–Kier alpha value is -3.76. The quantitative estimate of drug-likeness (QED) is 0.268. The number of amides is 1. The van der Waals surface area contributed by atoms with E-state index < -0.39 is 0 Å². The molecule has 1 amide bonds. The summed E-state index contributed by atoms with van der Waals surface area (Å²) in [4.78, 5) is 18.9. The first-order valence-corrected chi connectivity index (χ1v) is 14.4. The fraction of sp³-hybridized carbons (Fsp3) is 0.306. The third kappa shape index (κ3) is 4.86. The maximum Gasteiger partial charge on any atom is 0.240 e. The summed E-state index contributed by atoms with van der Waals surface area (Å²) in [6.45, 7) is 7.45. The van der Waals surface area contributed by atoms with Crippen LogP contribution in [0.25, 0.3) is 0 Å².